The van der Waals surface area contributed by atoms with Crippen LogP contribution < -0.4 is 0 Å². The van der Waals surface area contributed by atoms with Crippen LogP contribution in [0.4, 0.5) is 4.79 Å². The van der Waals surface area contributed by atoms with Crippen LogP contribution in [0.15, 0.2) is 41.2 Å². The Labute approximate surface area is 179 Å². The normalized spacial score (nSPS) is 16.2. The van der Waals surface area contributed by atoms with E-state index in [2.05, 4.69) is 26.2 Å². The van der Waals surface area contributed by atoms with Gasteiger partial charge in [0.05, 0.1) is 23.4 Å². The number of hydrogen-bond donors (Lipinski definition) is 0. The van der Waals surface area contributed by atoms with Gasteiger partial charge in [0.15, 0.2) is 5.82 Å². The molecule has 4 rings (SSSR count). The first-order valence-electron chi connectivity index (χ1n) is 10.0. The molecule has 0 aliphatic carbocycles. The molecule has 31 heavy (non-hydrogen) atoms. The molecule has 1 unspecified atom stereocenters. The summed E-state index contributed by atoms with van der Waals surface area (Å²) in [5.74, 6) is 0.663. The van der Waals surface area contributed by atoms with Gasteiger partial charge in [0.1, 0.15) is 17.6 Å². The highest BCUT2D eigenvalue weighted by Crippen LogP contribution is 2.33. The zero-order chi connectivity index (χ0) is 22.0. The van der Waals surface area contributed by atoms with Crippen molar-refractivity contribution in [2.24, 2.45) is 0 Å². The molecule has 1 fully saturated rings. The number of carbonyl (C=O) groups excluding carboxylic acids is 1. The summed E-state index contributed by atoms with van der Waals surface area (Å²) in [6.45, 7) is 6.08. The molecular weight excluding hydrogens is 396 g/mol. The molecule has 1 aromatic carbocycles. The van der Waals surface area contributed by atoms with Crippen LogP contribution >= 0.6 is 0 Å². The number of hydrogen-bond acceptors (Lipinski definition) is 8. The molecule has 3 aromatic rings. The quantitative estimate of drug-likeness (QED) is 0.623. The number of amides is 1. The van der Waals surface area contributed by atoms with E-state index in [-0.39, 0.29) is 18.0 Å². The Balaban J connectivity index is 1.58. The fraction of sp³-hybridized carbons (Fsp3) is 0.364. The van der Waals surface area contributed by atoms with Gasteiger partial charge in [0.2, 0.25) is 0 Å². The Kier molecular flexibility index (Phi) is 5.38. The van der Waals surface area contributed by atoms with Crippen molar-refractivity contribution in [1.29, 1.82) is 5.26 Å². The van der Waals surface area contributed by atoms with Crippen molar-refractivity contribution in [1.82, 2.24) is 25.0 Å². The molecule has 0 bridgehead atoms. The van der Waals surface area contributed by atoms with E-state index in [1.54, 1.807) is 29.2 Å². The molecule has 1 aliphatic heterocycles. The van der Waals surface area contributed by atoms with Crippen molar-refractivity contribution in [2.45, 2.75) is 45.3 Å². The van der Waals surface area contributed by atoms with E-state index in [1.165, 1.54) is 6.33 Å². The average Bonchev–Trinajstić information content (AvgIpc) is 3.42. The first kappa shape index (κ1) is 20.5. The highest BCUT2D eigenvalue weighted by molar-refractivity contribution is 5.69. The van der Waals surface area contributed by atoms with Gasteiger partial charge in [-0.15, -0.1) is 0 Å². The molecule has 2 aromatic heterocycles. The number of nitriles is 1. The van der Waals surface area contributed by atoms with E-state index in [0.717, 1.165) is 18.4 Å². The summed E-state index contributed by atoms with van der Waals surface area (Å²) in [6.07, 6.45) is 2.59. The van der Waals surface area contributed by atoms with E-state index in [4.69, 9.17) is 14.5 Å². The molecule has 1 aliphatic rings. The topological polar surface area (TPSA) is 118 Å². The Morgan fingerprint density at radius 3 is 2.84 bits per heavy atom. The van der Waals surface area contributed by atoms with Crippen LogP contribution in [0.2, 0.25) is 0 Å². The molecule has 9 heteroatoms. The Morgan fingerprint density at radius 2 is 2.06 bits per heavy atom. The molecule has 3 heterocycles. The Bertz CT molecular complexity index is 1140. The molecule has 1 amide bonds. The van der Waals surface area contributed by atoms with Crippen molar-refractivity contribution < 1.29 is 14.1 Å². The predicted octanol–water partition coefficient (Wildman–Crippen LogP) is 4.14. The minimum atomic E-state index is -0.577. The minimum absolute atomic E-state index is 0.242. The van der Waals surface area contributed by atoms with Crippen LogP contribution in [0.3, 0.4) is 0 Å². The van der Waals surface area contributed by atoms with Gasteiger partial charge < -0.3 is 9.26 Å². The predicted molar refractivity (Wildman–Crippen MR) is 110 cm³/mol. The van der Waals surface area contributed by atoms with Gasteiger partial charge >= 0.3 is 6.09 Å². The second-order valence-electron chi connectivity index (χ2n) is 8.27. The molecule has 158 valence electrons. The van der Waals surface area contributed by atoms with Gasteiger partial charge in [-0.25, -0.2) is 14.8 Å². The second-order valence-corrected chi connectivity index (χ2v) is 8.27. The fourth-order valence-electron chi connectivity index (χ4n) is 3.43. The Morgan fingerprint density at radius 1 is 1.26 bits per heavy atom. The lowest BCUT2D eigenvalue weighted by Crippen LogP contribution is -2.36. The smallest absolute Gasteiger partial charge is 0.410 e. The zero-order valence-corrected chi connectivity index (χ0v) is 17.6. The summed E-state index contributed by atoms with van der Waals surface area (Å²) >= 11 is 0. The van der Waals surface area contributed by atoms with Gasteiger partial charge in [-0.3, -0.25) is 4.90 Å². The Hall–Kier alpha value is -3.80. The van der Waals surface area contributed by atoms with Crippen molar-refractivity contribution in [3.63, 3.8) is 0 Å². The third-order valence-electron chi connectivity index (χ3n) is 4.79. The first-order valence-corrected chi connectivity index (χ1v) is 10.0. The van der Waals surface area contributed by atoms with E-state index < -0.39 is 5.60 Å². The highest BCUT2D eigenvalue weighted by atomic mass is 16.6. The molecular formula is C22H22N6O3. The second kappa shape index (κ2) is 8.14. The zero-order valence-electron chi connectivity index (χ0n) is 17.6. The van der Waals surface area contributed by atoms with Crippen molar-refractivity contribution in [3.05, 3.63) is 48.0 Å². The van der Waals surface area contributed by atoms with Crippen molar-refractivity contribution in [2.75, 3.05) is 6.54 Å². The number of nitrogens with zero attached hydrogens (tertiary/aromatic N) is 6. The number of benzene rings is 1. The largest absolute Gasteiger partial charge is 0.444 e. The van der Waals surface area contributed by atoms with Gasteiger partial charge in [-0.2, -0.15) is 10.2 Å². The third-order valence-corrected chi connectivity index (χ3v) is 4.79. The molecule has 9 nitrogen and oxygen atoms in total. The lowest BCUT2D eigenvalue weighted by atomic mass is 10.1. The van der Waals surface area contributed by atoms with Crippen LogP contribution in [0.5, 0.6) is 0 Å². The maximum absolute atomic E-state index is 12.5. The summed E-state index contributed by atoms with van der Waals surface area (Å²) < 4.78 is 11.0. The summed E-state index contributed by atoms with van der Waals surface area (Å²) in [4.78, 5) is 27.2. The number of ether oxygens (including phenoxy) is 1. The lowest BCUT2D eigenvalue weighted by molar-refractivity contribution is 0.0217. The maximum atomic E-state index is 12.5. The monoisotopic (exact) mass is 418 g/mol. The molecule has 1 saturated heterocycles. The lowest BCUT2D eigenvalue weighted by Gasteiger charge is -2.27. The van der Waals surface area contributed by atoms with Crippen LogP contribution in [0.25, 0.3) is 22.8 Å². The van der Waals surface area contributed by atoms with Crippen molar-refractivity contribution >= 4 is 6.09 Å². The standard InChI is InChI=1S/C22H22N6O3/c1-22(2,3)30-21(29)28-9-5-8-18(28)19-26-20(31-27-19)17-11-16(24-13-25-17)15-7-4-6-14(10-15)12-23/h4,6-7,10-11,13,18H,5,8-9H2,1-3H3. The summed E-state index contributed by atoms with van der Waals surface area (Å²) in [6, 6.07) is 10.7. The number of rotatable bonds is 3. The minimum Gasteiger partial charge on any atom is -0.444 e. The summed E-state index contributed by atoms with van der Waals surface area (Å²) in [7, 11) is 0. The van der Waals surface area contributed by atoms with Gasteiger partial charge in [0.25, 0.3) is 5.89 Å². The van der Waals surface area contributed by atoms with E-state index in [9.17, 15) is 4.79 Å². The molecule has 0 radical (unpaired) electrons. The molecule has 0 spiro atoms. The fourth-order valence-corrected chi connectivity index (χ4v) is 3.43. The van der Waals surface area contributed by atoms with Gasteiger partial charge in [-0.1, -0.05) is 17.3 Å². The maximum Gasteiger partial charge on any atom is 0.410 e. The van der Waals surface area contributed by atoms with Crippen LogP contribution in [-0.4, -0.2) is 43.2 Å². The van der Waals surface area contributed by atoms with Crippen LogP contribution in [-0.2, 0) is 4.74 Å². The van der Waals surface area contributed by atoms with Crippen LogP contribution in [0, 0.1) is 11.3 Å². The average molecular weight is 418 g/mol. The van der Waals surface area contributed by atoms with E-state index in [0.29, 0.717) is 29.3 Å². The van der Waals surface area contributed by atoms with E-state index in [1.807, 2.05) is 26.8 Å². The van der Waals surface area contributed by atoms with Crippen molar-refractivity contribution in [3.8, 4) is 28.9 Å². The molecule has 0 N–H and O–H groups in total. The van der Waals surface area contributed by atoms with Crippen LogP contribution in [0.1, 0.15) is 51.0 Å². The number of likely N-dealkylation sites (tertiary alicyclic amines) is 1. The van der Waals surface area contributed by atoms with Gasteiger partial charge in [-0.05, 0) is 51.8 Å². The molecule has 1 atom stereocenters. The number of aromatic nitrogens is 4. The molecule has 0 saturated carbocycles. The SMILES string of the molecule is CC(C)(C)OC(=O)N1CCCC1c1noc(-c2cc(-c3cccc(C#N)c3)ncn2)n1. The van der Waals surface area contributed by atoms with E-state index >= 15 is 0 Å². The first-order chi connectivity index (χ1) is 14.8. The number of carbonyl (C=O) groups is 1. The highest BCUT2D eigenvalue weighted by Gasteiger charge is 2.36. The summed E-state index contributed by atoms with van der Waals surface area (Å²) in [5.41, 5.74) is 1.86. The third kappa shape index (κ3) is 4.53. The summed E-state index contributed by atoms with van der Waals surface area (Å²) in [5, 5.41) is 13.2. The van der Waals surface area contributed by atoms with Gasteiger partial charge in [0, 0.05) is 12.1 Å².